The van der Waals surface area contributed by atoms with E-state index in [1.807, 2.05) is 23.8 Å². The molecule has 3 aliphatic rings. The van der Waals surface area contributed by atoms with E-state index in [0.717, 1.165) is 24.8 Å². The number of aliphatic hydroxyl groups is 1. The lowest BCUT2D eigenvalue weighted by atomic mass is 9.79. The molecule has 6 N–H and O–H groups in total. The number of hydrogen-bond donors (Lipinski definition) is 6. The molecule has 0 bridgehead atoms. The number of unbranched alkanes of at least 4 members (excludes halogenated alkanes) is 1. The Morgan fingerprint density at radius 3 is 2.68 bits per heavy atom. The van der Waals surface area contributed by atoms with Gasteiger partial charge in [0.05, 0.1) is 29.9 Å². The molecule has 0 radical (unpaired) electrons. The standard InChI is InChI=1S/C35H44N6O10S2/c1-20-29-28(21(2)42)34(46)41(29)30(35(47)48)31(20)52-25-16-26(38-18-25)33(45)39-24-10-5-9-23(15-24)32(44)40-53(49,50)14-12-37-27(43)19-51-13-4-3-7-22-8-6-11-36-17-22/h5-6,8-11,15,17,20-21,25-26,28-29,38,42H,3-4,7,12-14,16,18-19H2,1-2H3,(H,37,43)(H,39,45)(H,40,44)(H,47,48). The highest BCUT2D eigenvalue weighted by atomic mass is 32.2. The number of carboxylic acids is 1. The Balaban J connectivity index is 1.03. The van der Waals surface area contributed by atoms with Gasteiger partial charge in [-0.25, -0.2) is 17.9 Å². The summed E-state index contributed by atoms with van der Waals surface area (Å²) in [6, 6.07) is 8.55. The van der Waals surface area contributed by atoms with Crippen LogP contribution < -0.4 is 20.7 Å². The first-order chi connectivity index (χ1) is 25.3. The van der Waals surface area contributed by atoms with Crippen molar-refractivity contribution in [2.75, 3.05) is 37.4 Å². The summed E-state index contributed by atoms with van der Waals surface area (Å²) in [6.07, 6.45) is 5.42. The smallest absolute Gasteiger partial charge is 0.353 e. The number of aromatic nitrogens is 1. The number of ether oxygens (including phenoxy) is 1. The van der Waals surface area contributed by atoms with Gasteiger partial charge in [0.25, 0.3) is 5.91 Å². The number of amides is 4. The van der Waals surface area contributed by atoms with Crippen LogP contribution in [0.15, 0.2) is 59.4 Å². The summed E-state index contributed by atoms with van der Waals surface area (Å²) in [5.74, 6) is -4.93. The lowest BCUT2D eigenvalue weighted by Gasteiger charge is -2.46. The summed E-state index contributed by atoms with van der Waals surface area (Å²) in [5.41, 5.74) is 1.29. The number of aliphatic carboxylic acids is 1. The number of carboxylic acid groups (broad SMARTS) is 1. The summed E-state index contributed by atoms with van der Waals surface area (Å²) in [4.78, 5) is 68.6. The van der Waals surface area contributed by atoms with Gasteiger partial charge in [-0.1, -0.05) is 19.1 Å². The summed E-state index contributed by atoms with van der Waals surface area (Å²) in [6.45, 7) is 3.67. The van der Waals surface area contributed by atoms with Gasteiger partial charge in [0.2, 0.25) is 27.7 Å². The van der Waals surface area contributed by atoms with E-state index in [1.165, 1.54) is 41.8 Å². The fourth-order valence-corrected chi connectivity index (χ4v) is 9.04. The van der Waals surface area contributed by atoms with Crippen LogP contribution in [-0.4, -0.2) is 114 Å². The van der Waals surface area contributed by atoms with Crippen molar-refractivity contribution >= 4 is 57.1 Å². The van der Waals surface area contributed by atoms with Crippen molar-refractivity contribution < 1.29 is 47.3 Å². The third-order valence-corrected chi connectivity index (χ3v) is 12.1. The second kappa shape index (κ2) is 17.6. The van der Waals surface area contributed by atoms with E-state index in [2.05, 4.69) is 20.9 Å². The van der Waals surface area contributed by atoms with Gasteiger partial charge in [0.15, 0.2) is 0 Å². The van der Waals surface area contributed by atoms with Gasteiger partial charge in [0.1, 0.15) is 12.3 Å². The number of nitrogens with one attached hydrogen (secondary N) is 4. The first-order valence-corrected chi connectivity index (χ1v) is 19.9. The molecule has 4 amide bonds. The summed E-state index contributed by atoms with van der Waals surface area (Å²) in [7, 11) is -4.11. The molecule has 4 heterocycles. The van der Waals surface area contributed by atoms with Crippen molar-refractivity contribution in [2.45, 2.75) is 63.0 Å². The van der Waals surface area contributed by atoms with Gasteiger partial charge in [0, 0.05) is 59.4 Å². The van der Waals surface area contributed by atoms with Gasteiger partial charge in [-0.3, -0.25) is 24.2 Å². The zero-order chi connectivity index (χ0) is 38.3. The summed E-state index contributed by atoms with van der Waals surface area (Å²) >= 11 is 1.31. The van der Waals surface area contributed by atoms with Crippen LogP contribution in [0.3, 0.4) is 0 Å². The van der Waals surface area contributed by atoms with Crippen LogP contribution in [0.2, 0.25) is 0 Å². The minimum absolute atomic E-state index is 0.0156. The van der Waals surface area contributed by atoms with Crippen molar-refractivity contribution in [1.82, 2.24) is 25.2 Å². The number of thioether (sulfide) groups is 1. The minimum Gasteiger partial charge on any atom is -0.477 e. The molecule has 2 aromatic rings. The van der Waals surface area contributed by atoms with Crippen molar-refractivity contribution in [3.05, 3.63) is 70.5 Å². The molecule has 286 valence electrons. The number of sulfonamides is 1. The van der Waals surface area contributed by atoms with E-state index in [9.17, 15) is 42.6 Å². The molecule has 1 aromatic heterocycles. The zero-order valence-corrected chi connectivity index (χ0v) is 31.0. The number of rotatable bonds is 18. The molecule has 2 saturated heterocycles. The maximum Gasteiger partial charge on any atom is 0.353 e. The molecule has 18 heteroatoms. The van der Waals surface area contributed by atoms with Crippen LogP contribution in [0.4, 0.5) is 5.69 Å². The highest BCUT2D eigenvalue weighted by molar-refractivity contribution is 8.03. The SMILES string of the molecule is CC(O)C1C(=O)N2C(C(=O)O)=C(SC3CNC(C(=O)Nc4cccc(C(=O)NS(=O)(=O)CCNC(=O)COCCCCc5cccnc5)c4)C3)C(C)C12. The number of carbonyl (C=O) groups is 5. The number of anilines is 1. The van der Waals surface area contributed by atoms with E-state index >= 15 is 0 Å². The lowest BCUT2D eigenvalue weighted by Crippen LogP contribution is -2.63. The Labute approximate surface area is 311 Å². The fraction of sp³-hybridized carbons (Fsp3) is 0.486. The molecule has 16 nitrogen and oxygen atoms in total. The van der Waals surface area contributed by atoms with E-state index in [0.29, 0.717) is 24.5 Å². The summed E-state index contributed by atoms with van der Waals surface area (Å²) < 4.78 is 32.4. The molecule has 6 atom stereocenters. The topological polar surface area (TPSA) is 233 Å². The number of β-lactam (4-membered cyclic amide) rings is 1. The van der Waals surface area contributed by atoms with Gasteiger partial charge in [-0.15, -0.1) is 11.8 Å². The Hall–Kier alpha value is -4.36. The largest absolute Gasteiger partial charge is 0.477 e. The van der Waals surface area contributed by atoms with Crippen LogP contribution in [0.5, 0.6) is 0 Å². The van der Waals surface area contributed by atoms with E-state index in [4.69, 9.17) is 4.74 Å². The molecule has 5 rings (SSSR count). The predicted molar refractivity (Wildman–Crippen MR) is 195 cm³/mol. The average molecular weight is 773 g/mol. The molecule has 53 heavy (non-hydrogen) atoms. The van der Waals surface area contributed by atoms with Crippen LogP contribution in [0.1, 0.15) is 49.0 Å². The maximum absolute atomic E-state index is 13.1. The molecule has 0 saturated carbocycles. The van der Waals surface area contributed by atoms with E-state index in [1.54, 1.807) is 18.5 Å². The van der Waals surface area contributed by atoms with Gasteiger partial charge in [-0.05, 0) is 62.4 Å². The van der Waals surface area contributed by atoms with Gasteiger partial charge < -0.3 is 35.8 Å². The second-order valence-corrected chi connectivity index (χ2v) is 16.4. The first kappa shape index (κ1) is 39.8. The molecule has 6 unspecified atom stereocenters. The van der Waals surface area contributed by atoms with Crippen molar-refractivity contribution in [3.8, 4) is 0 Å². The van der Waals surface area contributed by atoms with Crippen molar-refractivity contribution in [2.24, 2.45) is 11.8 Å². The normalized spacial score (nSPS) is 22.9. The van der Waals surface area contributed by atoms with Crippen molar-refractivity contribution in [3.63, 3.8) is 0 Å². The molecule has 3 aliphatic heterocycles. The number of nitrogens with zero attached hydrogens (tertiary/aromatic N) is 2. The Morgan fingerprint density at radius 1 is 1.17 bits per heavy atom. The molecule has 1 aromatic carbocycles. The number of aryl methyl sites for hydroxylation is 1. The highest BCUT2D eigenvalue weighted by Gasteiger charge is 2.60. The van der Waals surface area contributed by atoms with E-state index < -0.39 is 69.5 Å². The predicted octanol–water partition coefficient (Wildman–Crippen LogP) is 0.853. The Bertz CT molecular complexity index is 1840. The zero-order valence-electron chi connectivity index (χ0n) is 29.3. The highest BCUT2D eigenvalue weighted by Crippen LogP contribution is 2.51. The molecular formula is C35H44N6O10S2. The molecule has 2 fully saturated rings. The first-order valence-electron chi connectivity index (χ1n) is 17.3. The van der Waals surface area contributed by atoms with E-state index in [-0.39, 0.29) is 41.3 Å². The van der Waals surface area contributed by atoms with Crippen LogP contribution >= 0.6 is 11.8 Å². The molecule has 0 spiro atoms. The molecule has 0 aliphatic carbocycles. The second-order valence-electron chi connectivity index (χ2n) is 13.2. The minimum atomic E-state index is -4.11. The maximum atomic E-state index is 13.1. The Kier molecular flexibility index (Phi) is 13.3. The number of aliphatic hydroxyl groups excluding tert-OH is 1. The Morgan fingerprint density at radius 2 is 1.96 bits per heavy atom. The number of hydrogen-bond acceptors (Lipinski definition) is 12. The third-order valence-electron chi connectivity index (χ3n) is 9.31. The quantitative estimate of drug-likeness (QED) is 0.0913. The van der Waals surface area contributed by atoms with Crippen LogP contribution in [-0.2, 0) is 40.4 Å². The number of benzene rings is 1. The van der Waals surface area contributed by atoms with Crippen LogP contribution in [0, 0.1) is 11.8 Å². The third kappa shape index (κ3) is 10.00. The summed E-state index contributed by atoms with van der Waals surface area (Å²) in [5, 5.41) is 28.1. The number of carbonyl (C=O) groups excluding carboxylic acids is 4. The van der Waals surface area contributed by atoms with Gasteiger partial charge in [-0.2, -0.15) is 0 Å². The molecular weight excluding hydrogens is 729 g/mol. The lowest BCUT2D eigenvalue weighted by molar-refractivity contribution is -0.163. The van der Waals surface area contributed by atoms with Gasteiger partial charge >= 0.3 is 5.97 Å². The van der Waals surface area contributed by atoms with Crippen molar-refractivity contribution in [1.29, 1.82) is 0 Å². The van der Waals surface area contributed by atoms with Crippen LogP contribution in [0.25, 0.3) is 0 Å². The number of pyridine rings is 1. The number of fused-ring (bicyclic) bond motifs is 1. The monoisotopic (exact) mass is 772 g/mol. The average Bonchev–Trinajstić information content (AvgIpc) is 3.67. The fourth-order valence-electron chi connectivity index (χ4n) is 6.69.